The molecule has 1 rings (SSSR count). The van der Waals surface area contributed by atoms with E-state index in [9.17, 15) is 4.79 Å². The van der Waals surface area contributed by atoms with E-state index in [1.54, 1.807) is 0 Å². The Morgan fingerprint density at radius 3 is 2.32 bits per heavy atom. The normalized spacial score (nSPS) is 11.4. The minimum Gasteiger partial charge on any atom is -0.352 e. The van der Waals surface area contributed by atoms with Crippen molar-refractivity contribution in [1.82, 2.24) is 5.32 Å². The molecule has 3 heteroatoms. The maximum Gasteiger partial charge on any atom is 0.252 e. The molecule has 0 aliphatic carbocycles. The van der Waals surface area contributed by atoms with Gasteiger partial charge in [-0.3, -0.25) is 4.79 Å². The zero-order valence-corrected chi connectivity index (χ0v) is 14.6. The zero-order valence-electron chi connectivity index (χ0n) is 12.5. The largest absolute Gasteiger partial charge is 0.352 e. The second-order valence-electron chi connectivity index (χ2n) is 5.80. The highest BCUT2D eigenvalue weighted by Crippen LogP contribution is 2.20. The predicted octanol–water partition coefficient (Wildman–Crippen LogP) is 4.26. The van der Waals surface area contributed by atoms with E-state index in [1.807, 2.05) is 25.1 Å². The Hall–Kier alpha value is -0.580. The summed E-state index contributed by atoms with van der Waals surface area (Å²) >= 11 is 2.24. The Labute approximate surface area is 130 Å². The molecule has 0 heterocycles. The number of halogens is 1. The highest BCUT2D eigenvalue weighted by Gasteiger charge is 2.19. The van der Waals surface area contributed by atoms with E-state index in [-0.39, 0.29) is 5.91 Å². The molecule has 0 spiro atoms. The van der Waals surface area contributed by atoms with Gasteiger partial charge >= 0.3 is 0 Å². The molecular weight excluding hydrogens is 349 g/mol. The number of aryl methyl sites for hydroxylation is 1. The lowest BCUT2D eigenvalue weighted by Crippen LogP contribution is -2.34. The summed E-state index contributed by atoms with van der Waals surface area (Å²) in [5.41, 5.74) is 1.93. The van der Waals surface area contributed by atoms with E-state index < -0.39 is 0 Å². The van der Waals surface area contributed by atoms with Crippen LogP contribution in [0.2, 0.25) is 0 Å². The summed E-state index contributed by atoms with van der Waals surface area (Å²) in [7, 11) is 0. The molecule has 0 unspecified atom stereocenters. The fraction of sp³-hybridized carbons (Fsp3) is 0.562. The van der Waals surface area contributed by atoms with Crippen LogP contribution < -0.4 is 5.32 Å². The van der Waals surface area contributed by atoms with Crippen molar-refractivity contribution >= 4 is 28.5 Å². The van der Waals surface area contributed by atoms with Crippen molar-refractivity contribution in [2.75, 3.05) is 6.54 Å². The van der Waals surface area contributed by atoms with Crippen LogP contribution in [0.5, 0.6) is 0 Å². The molecule has 106 valence electrons. The van der Waals surface area contributed by atoms with Crippen molar-refractivity contribution in [3.05, 3.63) is 32.9 Å². The van der Waals surface area contributed by atoms with Crippen molar-refractivity contribution in [3.63, 3.8) is 0 Å². The summed E-state index contributed by atoms with van der Waals surface area (Å²) in [4.78, 5) is 12.3. The van der Waals surface area contributed by atoms with Gasteiger partial charge in [-0.15, -0.1) is 0 Å². The van der Waals surface area contributed by atoms with Crippen LogP contribution in [-0.4, -0.2) is 12.5 Å². The molecule has 0 saturated carbocycles. The first-order valence-electron chi connectivity index (χ1n) is 6.87. The molecule has 1 aromatic rings. The lowest BCUT2D eigenvalue weighted by atomic mass is 9.85. The first-order chi connectivity index (χ1) is 8.84. The van der Waals surface area contributed by atoms with Gasteiger partial charge in [-0.2, -0.15) is 0 Å². The van der Waals surface area contributed by atoms with E-state index in [4.69, 9.17) is 0 Å². The fourth-order valence-electron chi connectivity index (χ4n) is 2.37. The number of amides is 1. The van der Waals surface area contributed by atoms with Gasteiger partial charge < -0.3 is 5.32 Å². The monoisotopic (exact) mass is 373 g/mol. The van der Waals surface area contributed by atoms with E-state index in [2.05, 4.69) is 55.6 Å². The van der Waals surface area contributed by atoms with Gasteiger partial charge in [0.2, 0.25) is 0 Å². The van der Waals surface area contributed by atoms with Gasteiger partial charge in [0.05, 0.1) is 5.56 Å². The average Bonchev–Trinajstić information content (AvgIpc) is 2.31. The first-order valence-corrected chi connectivity index (χ1v) is 7.95. The Bertz CT molecular complexity index is 432. The highest BCUT2D eigenvalue weighted by atomic mass is 127. The summed E-state index contributed by atoms with van der Waals surface area (Å²) in [6.07, 6.45) is 0. The molecule has 0 fully saturated rings. The minimum atomic E-state index is 0.0411. The molecular formula is C16H24INO. The summed E-state index contributed by atoms with van der Waals surface area (Å²) < 4.78 is 1.04. The standard InChI is InChI=1S/C16H24INO/c1-10(2)14(11(3)4)9-18-16(19)13-8-6-7-12(5)15(13)17/h6-8,10-11,14H,9H2,1-5H3,(H,18,19). The van der Waals surface area contributed by atoms with Crippen LogP contribution >= 0.6 is 22.6 Å². The van der Waals surface area contributed by atoms with Crippen LogP contribution in [0, 0.1) is 28.2 Å². The van der Waals surface area contributed by atoms with Gasteiger partial charge in [-0.1, -0.05) is 39.8 Å². The summed E-state index contributed by atoms with van der Waals surface area (Å²) in [6.45, 7) is 11.6. The maximum atomic E-state index is 12.3. The number of hydrogen-bond acceptors (Lipinski definition) is 1. The first kappa shape index (κ1) is 16.5. The maximum absolute atomic E-state index is 12.3. The van der Waals surface area contributed by atoms with E-state index in [1.165, 1.54) is 0 Å². The van der Waals surface area contributed by atoms with E-state index in [0.717, 1.165) is 21.2 Å². The molecule has 0 radical (unpaired) electrons. The number of carbonyl (C=O) groups is 1. The van der Waals surface area contributed by atoms with E-state index >= 15 is 0 Å². The van der Waals surface area contributed by atoms with Crippen molar-refractivity contribution in [2.24, 2.45) is 17.8 Å². The third kappa shape index (κ3) is 4.48. The Balaban J connectivity index is 2.72. The van der Waals surface area contributed by atoms with Crippen LogP contribution in [0.4, 0.5) is 0 Å². The highest BCUT2D eigenvalue weighted by molar-refractivity contribution is 14.1. The molecule has 1 amide bonds. The molecule has 0 saturated heterocycles. The summed E-state index contributed by atoms with van der Waals surface area (Å²) in [5, 5.41) is 3.09. The predicted molar refractivity (Wildman–Crippen MR) is 89.4 cm³/mol. The molecule has 0 aliphatic rings. The van der Waals surface area contributed by atoms with Gasteiger partial charge in [0, 0.05) is 10.1 Å². The van der Waals surface area contributed by atoms with Crippen molar-refractivity contribution in [1.29, 1.82) is 0 Å². The van der Waals surface area contributed by atoms with Gasteiger partial charge in [-0.25, -0.2) is 0 Å². The van der Waals surface area contributed by atoms with Crippen LogP contribution in [0.3, 0.4) is 0 Å². The van der Waals surface area contributed by atoms with E-state index in [0.29, 0.717) is 17.8 Å². The quantitative estimate of drug-likeness (QED) is 0.768. The fourth-order valence-corrected chi connectivity index (χ4v) is 2.97. The number of rotatable bonds is 5. The number of hydrogen-bond donors (Lipinski definition) is 1. The molecule has 0 aliphatic heterocycles. The molecule has 19 heavy (non-hydrogen) atoms. The third-order valence-electron chi connectivity index (χ3n) is 3.65. The lowest BCUT2D eigenvalue weighted by Gasteiger charge is -2.25. The minimum absolute atomic E-state index is 0.0411. The van der Waals surface area contributed by atoms with Crippen LogP contribution in [0.25, 0.3) is 0 Å². The SMILES string of the molecule is Cc1cccc(C(=O)NCC(C(C)C)C(C)C)c1I. The number of nitrogens with one attached hydrogen (secondary N) is 1. The van der Waals surface area contributed by atoms with Gasteiger partial charge in [-0.05, 0) is 58.9 Å². The summed E-state index contributed by atoms with van der Waals surface area (Å²) in [5.74, 6) is 1.72. The van der Waals surface area contributed by atoms with Crippen LogP contribution in [0.1, 0.15) is 43.6 Å². The molecule has 1 N–H and O–H groups in total. The average molecular weight is 373 g/mol. The van der Waals surface area contributed by atoms with Crippen molar-refractivity contribution < 1.29 is 4.79 Å². The summed E-state index contributed by atoms with van der Waals surface area (Å²) in [6, 6.07) is 5.86. The second kappa shape index (κ2) is 7.27. The van der Waals surface area contributed by atoms with Crippen molar-refractivity contribution in [3.8, 4) is 0 Å². The smallest absolute Gasteiger partial charge is 0.252 e. The molecule has 1 aromatic carbocycles. The zero-order chi connectivity index (χ0) is 14.6. The second-order valence-corrected chi connectivity index (χ2v) is 6.88. The molecule has 0 aromatic heterocycles. The molecule has 0 atom stereocenters. The molecule has 2 nitrogen and oxygen atoms in total. The van der Waals surface area contributed by atoms with Gasteiger partial charge in [0.25, 0.3) is 5.91 Å². The van der Waals surface area contributed by atoms with Gasteiger partial charge in [0.1, 0.15) is 0 Å². The van der Waals surface area contributed by atoms with Crippen LogP contribution in [0.15, 0.2) is 18.2 Å². The Morgan fingerprint density at radius 1 is 1.21 bits per heavy atom. The Morgan fingerprint density at radius 2 is 1.79 bits per heavy atom. The van der Waals surface area contributed by atoms with Crippen molar-refractivity contribution in [2.45, 2.75) is 34.6 Å². The lowest BCUT2D eigenvalue weighted by molar-refractivity contribution is 0.0936. The third-order valence-corrected chi connectivity index (χ3v) is 5.08. The van der Waals surface area contributed by atoms with Crippen LogP contribution in [-0.2, 0) is 0 Å². The Kier molecular flexibility index (Phi) is 6.30. The number of carbonyl (C=O) groups excluding carboxylic acids is 1. The molecule has 0 bridgehead atoms. The van der Waals surface area contributed by atoms with Gasteiger partial charge in [0.15, 0.2) is 0 Å². The number of benzene rings is 1. The topological polar surface area (TPSA) is 29.1 Å².